The number of hydrogen-bond acceptors (Lipinski definition) is 3. The lowest BCUT2D eigenvalue weighted by Gasteiger charge is -2.36. The van der Waals surface area contributed by atoms with Gasteiger partial charge >= 0.3 is 0 Å². The van der Waals surface area contributed by atoms with E-state index < -0.39 is 0 Å². The van der Waals surface area contributed by atoms with Gasteiger partial charge in [0.2, 0.25) is 0 Å². The molecule has 106 valence electrons. The van der Waals surface area contributed by atoms with Crippen LogP contribution in [0.1, 0.15) is 37.7 Å². The molecule has 4 heteroatoms. The molecule has 0 saturated heterocycles. The van der Waals surface area contributed by atoms with Gasteiger partial charge in [0, 0.05) is 23.8 Å². The predicted molar refractivity (Wildman–Crippen MR) is 73.6 cm³/mol. The number of aliphatic hydroxyl groups excluding tert-OH is 2. The van der Waals surface area contributed by atoms with Crippen molar-refractivity contribution in [1.29, 1.82) is 0 Å². The molecule has 1 aromatic carbocycles. The topological polar surface area (TPSA) is 43.7 Å². The molecule has 0 unspecified atom stereocenters. The van der Waals surface area contributed by atoms with E-state index in [9.17, 15) is 14.6 Å². The number of nitrogens with zero attached hydrogens (tertiary/aromatic N) is 1. The smallest absolute Gasteiger partial charge is 0.123 e. The molecule has 3 nitrogen and oxygen atoms in total. The summed E-state index contributed by atoms with van der Waals surface area (Å²) in [4.78, 5) is 2.13. The standard InChI is InChI=1S/C15H22FNO2/c16-13-6-7-15(12(10-13)11-19)17(8-9-18)14-4-2-1-3-5-14/h6-7,10,14,18-19H,1-5,8-9,11H2. The van der Waals surface area contributed by atoms with Crippen LogP contribution in [0.25, 0.3) is 0 Å². The van der Waals surface area contributed by atoms with E-state index in [1.807, 2.05) is 0 Å². The maximum atomic E-state index is 13.2. The normalized spacial score (nSPS) is 16.6. The van der Waals surface area contributed by atoms with Gasteiger partial charge in [0.05, 0.1) is 13.2 Å². The Bertz CT molecular complexity index is 405. The molecule has 1 fully saturated rings. The molecule has 0 bridgehead atoms. The third kappa shape index (κ3) is 3.45. The van der Waals surface area contributed by atoms with Crippen molar-refractivity contribution >= 4 is 5.69 Å². The lowest BCUT2D eigenvalue weighted by Crippen LogP contribution is -2.39. The molecule has 19 heavy (non-hydrogen) atoms. The van der Waals surface area contributed by atoms with Crippen LogP contribution in [0.15, 0.2) is 18.2 Å². The summed E-state index contributed by atoms with van der Waals surface area (Å²) in [6.45, 7) is 0.420. The van der Waals surface area contributed by atoms with Gasteiger partial charge in [-0.25, -0.2) is 4.39 Å². The Morgan fingerprint density at radius 2 is 1.89 bits per heavy atom. The monoisotopic (exact) mass is 267 g/mol. The highest BCUT2D eigenvalue weighted by atomic mass is 19.1. The lowest BCUT2D eigenvalue weighted by molar-refractivity contribution is 0.277. The molecule has 0 radical (unpaired) electrons. The highest BCUT2D eigenvalue weighted by Crippen LogP contribution is 2.30. The van der Waals surface area contributed by atoms with Crippen LogP contribution in [0.4, 0.5) is 10.1 Å². The minimum absolute atomic E-state index is 0.0682. The van der Waals surface area contributed by atoms with Crippen molar-refractivity contribution in [2.24, 2.45) is 0 Å². The first-order valence-corrected chi connectivity index (χ1v) is 7.03. The minimum atomic E-state index is -0.333. The number of rotatable bonds is 5. The molecular weight excluding hydrogens is 245 g/mol. The average Bonchev–Trinajstić information content (AvgIpc) is 2.46. The van der Waals surface area contributed by atoms with Crippen molar-refractivity contribution in [3.63, 3.8) is 0 Å². The highest BCUT2D eigenvalue weighted by Gasteiger charge is 2.22. The van der Waals surface area contributed by atoms with Gasteiger partial charge in [-0.2, -0.15) is 0 Å². The first kappa shape index (κ1) is 14.3. The first-order valence-electron chi connectivity index (χ1n) is 7.03. The molecule has 1 saturated carbocycles. The number of benzene rings is 1. The zero-order chi connectivity index (χ0) is 13.7. The summed E-state index contributed by atoms with van der Waals surface area (Å²) in [6.07, 6.45) is 5.86. The van der Waals surface area contributed by atoms with E-state index in [-0.39, 0.29) is 19.0 Å². The van der Waals surface area contributed by atoms with Gasteiger partial charge in [0.15, 0.2) is 0 Å². The fourth-order valence-corrected chi connectivity index (χ4v) is 2.96. The maximum absolute atomic E-state index is 13.2. The van der Waals surface area contributed by atoms with E-state index in [0.29, 0.717) is 18.2 Å². The number of halogens is 1. The number of hydrogen-bond donors (Lipinski definition) is 2. The molecule has 1 aliphatic carbocycles. The highest BCUT2D eigenvalue weighted by molar-refractivity contribution is 5.54. The van der Waals surface area contributed by atoms with Crippen molar-refractivity contribution in [3.8, 4) is 0 Å². The summed E-state index contributed by atoms with van der Waals surface area (Å²) in [5, 5.41) is 18.7. The van der Waals surface area contributed by atoms with Crippen molar-refractivity contribution < 1.29 is 14.6 Å². The van der Waals surface area contributed by atoms with Gasteiger partial charge in [0.25, 0.3) is 0 Å². The average molecular weight is 267 g/mol. The second-order valence-electron chi connectivity index (χ2n) is 5.14. The molecule has 0 spiro atoms. The van der Waals surface area contributed by atoms with Crippen molar-refractivity contribution in [1.82, 2.24) is 0 Å². The Morgan fingerprint density at radius 3 is 2.53 bits per heavy atom. The van der Waals surface area contributed by atoms with Gasteiger partial charge in [-0.15, -0.1) is 0 Å². The summed E-state index contributed by atoms with van der Waals surface area (Å²) >= 11 is 0. The van der Waals surface area contributed by atoms with Crippen LogP contribution >= 0.6 is 0 Å². The van der Waals surface area contributed by atoms with Gasteiger partial charge in [-0.3, -0.25) is 0 Å². The number of anilines is 1. The van der Waals surface area contributed by atoms with Crippen LogP contribution in [0.5, 0.6) is 0 Å². The maximum Gasteiger partial charge on any atom is 0.123 e. The van der Waals surface area contributed by atoms with Gasteiger partial charge in [-0.05, 0) is 31.0 Å². The predicted octanol–water partition coefficient (Wildman–Crippen LogP) is 2.45. The van der Waals surface area contributed by atoms with Crippen LogP contribution in [0.2, 0.25) is 0 Å². The second kappa shape index (κ2) is 6.87. The molecule has 0 atom stereocenters. The largest absolute Gasteiger partial charge is 0.395 e. The van der Waals surface area contributed by atoms with E-state index in [1.54, 1.807) is 6.07 Å². The lowest BCUT2D eigenvalue weighted by atomic mass is 9.93. The molecule has 2 rings (SSSR count). The zero-order valence-corrected chi connectivity index (χ0v) is 11.2. The van der Waals surface area contributed by atoms with E-state index in [1.165, 1.54) is 31.4 Å². The molecule has 1 aromatic rings. The van der Waals surface area contributed by atoms with Crippen LogP contribution in [0.3, 0.4) is 0 Å². The van der Waals surface area contributed by atoms with Crippen molar-refractivity contribution in [2.75, 3.05) is 18.1 Å². The molecule has 0 heterocycles. The Morgan fingerprint density at radius 1 is 1.16 bits per heavy atom. The molecule has 0 aromatic heterocycles. The first-order chi connectivity index (χ1) is 9.26. The van der Waals surface area contributed by atoms with Gasteiger partial charge in [0.1, 0.15) is 5.82 Å². The van der Waals surface area contributed by atoms with Crippen LogP contribution in [-0.2, 0) is 6.61 Å². The Balaban J connectivity index is 2.26. The number of aliphatic hydroxyl groups is 2. The summed E-state index contributed by atoms with van der Waals surface area (Å²) in [7, 11) is 0. The molecular formula is C15H22FNO2. The minimum Gasteiger partial charge on any atom is -0.395 e. The summed E-state index contributed by atoms with van der Waals surface area (Å²) in [5.74, 6) is -0.333. The van der Waals surface area contributed by atoms with Gasteiger partial charge < -0.3 is 15.1 Å². The van der Waals surface area contributed by atoms with Gasteiger partial charge in [-0.1, -0.05) is 19.3 Å². The fourth-order valence-electron chi connectivity index (χ4n) is 2.96. The van der Waals surface area contributed by atoms with Crippen LogP contribution in [-0.4, -0.2) is 29.4 Å². The molecule has 1 aliphatic rings. The molecule has 2 N–H and O–H groups in total. The Kier molecular flexibility index (Phi) is 5.16. The summed E-state index contributed by atoms with van der Waals surface area (Å²) in [5.41, 5.74) is 1.45. The Hall–Kier alpha value is -1.13. The van der Waals surface area contributed by atoms with Crippen molar-refractivity contribution in [3.05, 3.63) is 29.6 Å². The zero-order valence-electron chi connectivity index (χ0n) is 11.2. The third-order valence-electron chi connectivity index (χ3n) is 3.88. The quantitative estimate of drug-likeness (QED) is 0.861. The summed E-state index contributed by atoms with van der Waals surface area (Å²) in [6, 6.07) is 4.90. The van der Waals surface area contributed by atoms with Crippen molar-refractivity contribution in [2.45, 2.75) is 44.8 Å². The van der Waals surface area contributed by atoms with Crippen LogP contribution in [0, 0.1) is 5.82 Å². The summed E-state index contributed by atoms with van der Waals surface area (Å²) < 4.78 is 13.2. The van der Waals surface area contributed by atoms with E-state index in [2.05, 4.69) is 4.90 Å². The second-order valence-corrected chi connectivity index (χ2v) is 5.14. The fraction of sp³-hybridized carbons (Fsp3) is 0.600. The molecule has 0 amide bonds. The van der Waals surface area contributed by atoms with E-state index in [0.717, 1.165) is 18.5 Å². The Labute approximate surface area is 113 Å². The van der Waals surface area contributed by atoms with E-state index in [4.69, 9.17) is 0 Å². The third-order valence-corrected chi connectivity index (χ3v) is 3.88. The molecule has 0 aliphatic heterocycles. The van der Waals surface area contributed by atoms with E-state index >= 15 is 0 Å². The van der Waals surface area contributed by atoms with Crippen LogP contribution < -0.4 is 4.90 Å². The SMILES string of the molecule is OCCN(c1ccc(F)cc1CO)C1CCCCC1.